The van der Waals surface area contributed by atoms with Gasteiger partial charge in [0.05, 0.1) is 28.0 Å². The van der Waals surface area contributed by atoms with Gasteiger partial charge < -0.3 is 14.2 Å². The second-order valence-corrected chi connectivity index (χ2v) is 23.3. The van der Waals surface area contributed by atoms with Crippen LogP contribution in [0.5, 0.6) is 0 Å². The largest absolute Gasteiger partial charge is 0.468 e. The highest BCUT2D eigenvalue weighted by Crippen LogP contribution is 2.53. The van der Waals surface area contributed by atoms with Crippen molar-refractivity contribution < 1.29 is 19.5 Å². The van der Waals surface area contributed by atoms with Crippen molar-refractivity contribution >= 4 is 68.4 Å². The molecule has 0 N–H and O–H groups in total. The fraction of sp³-hybridized carbons (Fsp3) is 0.312. The van der Waals surface area contributed by atoms with E-state index in [1.54, 1.807) is 24.3 Å². The van der Waals surface area contributed by atoms with Crippen LogP contribution in [0, 0.1) is 6.85 Å². The van der Waals surface area contributed by atoms with E-state index in [4.69, 9.17) is 12.6 Å². The average Bonchev–Trinajstić information content (AvgIpc) is 4.00. The SMILES string of the molecule is [2H]c1cc(C(C)(C)c2ccc3c(c2)B2c4oc5cc6c(cc5c4N(c4ccc(C(C)(C)C)cc4)c4cc(C([2H])([2H])[2H])cc(c42)N3c2ccc(C(C)(C)C)cc2-c2c([2H])c([2H])c([2H])c([2H])c2[2H])C(C)(C)CCC6(C)C)cc([2H])c1[2H]. The summed E-state index contributed by atoms with van der Waals surface area (Å²) in [5, 5.41) is 0.897. The van der Waals surface area contributed by atoms with Gasteiger partial charge in [0.25, 0.3) is 6.71 Å². The first kappa shape index (κ1) is 33.3. The molecule has 68 heavy (non-hydrogen) atoms. The lowest BCUT2D eigenvalue weighted by atomic mass is 9.35. The van der Waals surface area contributed by atoms with Gasteiger partial charge in [-0.1, -0.05) is 174 Å². The van der Waals surface area contributed by atoms with Crippen molar-refractivity contribution in [3.63, 3.8) is 0 Å². The van der Waals surface area contributed by atoms with Crippen molar-refractivity contribution in [1.82, 2.24) is 0 Å². The Morgan fingerprint density at radius 3 is 1.81 bits per heavy atom. The molecular formula is C64H67BN2O. The molecule has 0 spiro atoms. The minimum Gasteiger partial charge on any atom is -0.468 e. The highest BCUT2D eigenvalue weighted by atomic mass is 16.3. The van der Waals surface area contributed by atoms with Gasteiger partial charge >= 0.3 is 0 Å². The molecule has 0 fully saturated rings. The summed E-state index contributed by atoms with van der Waals surface area (Å²) in [7, 11) is 0. The molecule has 0 unspecified atom stereocenters. The summed E-state index contributed by atoms with van der Waals surface area (Å²) in [6, 6.07) is 29.4. The summed E-state index contributed by atoms with van der Waals surface area (Å²) in [4.78, 5) is 4.19. The Balaban J connectivity index is 1.32. The summed E-state index contributed by atoms with van der Waals surface area (Å²) in [6.07, 6.45) is 1.99. The Morgan fingerprint density at radius 1 is 0.574 bits per heavy atom. The molecule has 4 heteroatoms. The molecule has 8 aromatic rings. The highest BCUT2D eigenvalue weighted by molar-refractivity contribution is 7.00. The first-order valence-corrected chi connectivity index (χ1v) is 24.1. The van der Waals surface area contributed by atoms with E-state index < -0.39 is 42.5 Å². The van der Waals surface area contributed by atoms with Crippen molar-refractivity contribution in [2.75, 3.05) is 9.80 Å². The molecule has 342 valence electrons. The van der Waals surface area contributed by atoms with Crippen LogP contribution >= 0.6 is 0 Å². The highest BCUT2D eigenvalue weighted by Gasteiger charge is 2.48. The molecular weight excluding hydrogens is 824 g/mol. The number of rotatable bonds is 5. The van der Waals surface area contributed by atoms with Crippen molar-refractivity contribution in [2.45, 2.75) is 130 Å². The molecule has 0 atom stereocenters. The second-order valence-electron chi connectivity index (χ2n) is 23.3. The Labute approximate surface area is 421 Å². The van der Waals surface area contributed by atoms with Gasteiger partial charge in [-0.05, 0) is 151 Å². The fourth-order valence-electron chi connectivity index (χ4n) is 11.2. The first-order chi connectivity index (χ1) is 36.6. The Morgan fingerprint density at radius 2 is 1.16 bits per heavy atom. The minimum absolute atomic E-state index is 0.0135. The van der Waals surface area contributed by atoms with E-state index in [0.29, 0.717) is 45.1 Å². The smallest absolute Gasteiger partial charge is 0.297 e. The quantitative estimate of drug-likeness (QED) is 0.161. The topological polar surface area (TPSA) is 19.6 Å². The van der Waals surface area contributed by atoms with Gasteiger partial charge in [-0.2, -0.15) is 0 Å². The van der Waals surface area contributed by atoms with E-state index in [1.807, 2.05) is 49.1 Å². The maximum absolute atomic E-state index is 9.44. The maximum Gasteiger partial charge on any atom is 0.297 e. The number of hydrogen-bond acceptors (Lipinski definition) is 3. The molecule has 2 aliphatic heterocycles. The maximum atomic E-state index is 9.44. The van der Waals surface area contributed by atoms with Crippen molar-refractivity contribution in [3.8, 4) is 11.1 Å². The zero-order valence-electron chi connectivity index (χ0n) is 52.5. The van der Waals surface area contributed by atoms with Crippen molar-refractivity contribution in [1.29, 1.82) is 0 Å². The van der Waals surface area contributed by atoms with Crippen LogP contribution < -0.4 is 26.4 Å². The molecule has 3 heterocycles. The summed E-state index contributed by atoms with van der Waals surface area (Å²) >= 11 is 0. The van der Waals surface area contributed by atoms with Crippen LogP contribution in [0.1, 0.15) is 150 Å². The van der Waals surface area contributed by atoms with Gasteiger partial charge in [0.15, 0.2) is 0 Å². The number of anilines is 6. The summed E-state index contributed by atoms with van der Waals surface area (Å²) in [6.45, 7) is 22.7. The lowest BCUT2D eigenvalue weighted by Crippen LogP contribution is -2.61. The van der Waals surface area contributed by atoms with E-state index in [0.717, 1.165) is 57.2 Å². The normalized spacial score (nSPS) is 18.5. The second kappa shape index (κ2) is 15.1. The fourth-order valence-corrected chi connectivity index (χ4v) is 11.2. The summed E-state index contributed by atoms with van der Waals surface area (Å²) in [5.41, 5.74) is 11.5. The van der Waals surface area contributed by atoms with Crippen LogP contribution in [0.25, 0.3) is 22.1 Å². The molecule has 3 nitrogen and oxygen atoms in total. The average molecular weight is 902 g/mol. The molecule has 1 aromatic heterocycles. The van der Waals surface area contributed by atoms with Gasteiger partial charge in [-0.15, -0.1) is 0 Å². The Kier molecular flexibility index (Phi) is 7.40. The number of aryl methyl sites for hydroxylation is 1. The minimum atomic E-state index is -2.61. The van der Waals surface area contributed by atoms with Gasteiger partial charge in [-0.3, -0.25) is 0 Å². The zero-order valence-corrected chi connectivity index (χ0v) is 41.5. The molecule has 11 rings (SSSR count). The van der Waals surface area contributed by atoms with E-state index >= 15 is 0 Å². The van der Waals surface area contributed by atoms with Crippen molar-refractivity contribution in [3.05, 3.63) is 184 Å². The molecule has 0 saturated heterocycles. The van der Waals surface area contributed by atoms with Gasteiger partial charge in [0, 0.05) is 43.2 Å². The Bertz CT molecular complexity index is 3840. The number of benzene rings is 7. The third-order valence-electron chi connectivity index (χ3n) is 15.5. The van der Waals surface area contributed by atoms with E-state index in [1.165, 1.54) is 11.1 Å². The van der Waals surface area contributed by atoms with Crippen LogP contribution in [0.2, 0.25) is 0 Å². The molecule has 3 aliphatic rings. The zero-order chi connectivity index (χ0) is 57.3. The van der Waals surface area contributed by atoms with E-state index in [9.17, 15) is 6.85 Å². The molecule has 1 aliphatic carbocycles. The predicted molar refractivity (Wildman–Crippen MR) is 292 cm³/mol. The Hall–Kier alpha value is -6.26. The lowest BCUT2D eigenvalue weighted by Gasteiger charge is -2.44. The summed E-state index contributed by atoms with van der Waals surface area (Å²) < 4.78 is 106. The molecule has 0 radical (unpaired) electrons. The third kappa shape index (κ3) is 6.91. The number of nitrogens with zero attached hydrogens (tertiary/aromatic N) is 2. The molecule has 7 aromatic carbocycles. The van der Waals surface area contributed by atoms with Crippen LogP contribution in [0.15, 0.2) is 150 Å². The van der Waals surface area contributed by atoms with E-state index in [2.05, 4.69) is 117 Å². The van der Waals surface area contributed by atoms with Gasteiger partial charge in [0.2, 0.25) is 0 Å². The van der Waals surface area contributed by atoms with E-state index in [-0.39, 0.29) is 57.6 Å². The standard InChI is InChI=1S/C64H67BN2O/c1-40-34-54-57-55(35-40)67(52-30-26-44(61(5,6)7)36-47(52)41-20-16-14-17-21-41)53-31-27-45(64(12,13)43-22-18-15-19-23-43)37-51(53)65(57)59-58(66(54)46-28-24-42(25-29-46)60(2,3)4)48-38-49-50(39-56(48)68-59)63(10,11)33-32-62(49,8)9/h14-31,34-39H,32-33H2,1-13H3/i1D3,14D,15D,16D,17D,18D,19D,20D,21D. The lowest BCUT2D eigenvalue weighted by molar-refractivity contribution is 0.332. The molecule has 0 amide bonds. The van der Waals surface area contributed by atoms with Crippen LogP contribution in [0.4, 0.5) is 34.1 Å². The van der Waals surface area contributed by atoms with Crippen LogP contribution in [-0.2, 0) is 27.1 Å². The number of hydrogen-bond donors (Lipinski definition) is 0. The monoisotopic (exact) mass is 902 g/mol. The molecule has 0 saturated carbocycles. The summed E-state index contributed by atoms with van der Waals surface area (Å²) in [5.74, 6) is 0. The number of furan rings is 1. The van der Waals surface area contributed by atoms with Crippen LogP contribution in [0.3, 0.4) is 0 Å². The van der Waals surface area contributed by atoms with Crippen LogP contribution in [-0.4, -0.2) is 6.71 Å². The van der Waals surface area contributed by atoms with Gasteiger partial charge in [-0.25, -0.2) is 0 Å². The third-order valence-corrected chi connectivity index (χ3v) is 15.5. The number of fused-ring (bicyclic) bond motifs is 7. The first-order valence-electron chi connectivity index (χ1n) is 29.6. The molecule has 0 bridgehead atoms. The predicted octanol–water partition coefficient (Wildman–Crippen LogP) is 15.8. The van der Waals surface area contributed by atoms with Gasteiger partial charge in [0.1, 0.15) is 5.58 Å². The van der Waals surface area contributed by atoms with Crippen molar-refractivity contribution in [2.24, 2.45) is 0 Å².